The van der Waals surface area contributed by atoms with Crippen LogP contribution < -0.4 is 5.32 Å². The van der Waals surface area contributed by atoms with Crippen molar-refractivity contribution >= 4 is 11.6 Å². The number of ether oxygens (including phenoxy) is 1. The molecule has 6 nitrogen and oxygen atoms in total. The summed E-state index contributed by atoms with van der Waals surface area (Å²) >= 11 is 0. The number of hydrogen-bond acceptors (Lipinski definition) is 5. The lowest BCUT2D eigenvalue weighted by Crippen LogP contribution is -2.56. The molecule has 1 N–H and O–H groups in total. The Morgan fingerprint density at radius 3 is 2.64 bits per heavy atom. The lowest BCUT2D eigenvalue weighted by Gasteiger charge is -2.46. The number of alkyl halides is 1. The smallest absolute Gasteiger partial charge is 0.260 e. The van der Waals surface area contributed by atoms with E-state index in [-0.39, 0.29) is 18.7 Å². The molecule has 8 heteroatoms. The van der Waals surface area contributed by atoms with Crippen LogP contribution in [0.2, 0.25) is 0 Å². The molecule has 3 aliphatic heterocycles. The van der Waals surface area contributed by atoms with E-state index in [0.717, 1.165) is 5.76 Å². The van der Waals surface area contributed by atoms with E-state index in [1.807, 2.05) is 0 Å². The maximum absolute atomic E-state index is 15.1. The fourth-order valence-electron chi connectivity index (χ4n) is 4.63. The molecular weight excluding hydrogens is 368 g/mol. The summed E-state index contributed by atoms with van der Waals surface area (Å²) in [6.07, 6.45) is 4.43. The van der Waals surface area contributed by atoms with Crippen molar-refractivity contribution in [1.29, 1.82) is 0 Å². The van der Waals surface area contributed by atoms with Gasteiger partial charge in [-0.2, -0.15) is 0 Å². The minimum atomic E-state index is -1.76. The normalized spacial score (nSPS) is 27.9. The first kappa shape index (κ1) is 19.4. The molecule has 0 aromatic rings. The van der Waals surface area contributed by atoms with Crippen LogP contribution in [0.4, 0.5) is 8.78 Å². The zero-order valence-corrected chi connectivity index (χ0v) is 16.2. The highest BCUT2D eigenvalue weighted by Crippen LogP contribution is 2.42. The van der Waals surface area contributed by atoms with Crippen LogP contribution in [-0.4, -0.2) is 61.1 Å². The van der Waals surface area contributed by atoms with Crippen LogP contribution in [0.5, 0.6) is 0 Å². The molecule has 4 aliphatic rings. The second-order valence-corrected chi connectivity index (χ2v) is 8.12. The van der Waals surface area contributed by atoms with Crippen molar-refractivity contribution in [1.82, 2.24) is 10.2 Å². The summed E-state index contributed by atoms with van der Waals surface area (Å²) in [7, 11) is 1.47. The maximum Gasteiger partial charge on any atom is 0.260 e. The van der Waals surface area contributed by atoms with Gasteiger partial charge in [0.25, 0.3) is 5.91 Å². The van der Waals surface area contributed by atoms with Crippen molar-refractivity contribution in [2.45, 2.75) is 56.2 Å². The van der Waals surface area contributed by atoms with Crippen molar-refractivity contribution < 1.29 is 23.1 Å². The zero-order chi connectivity index (χ0) is 19.8. The number of halogens is 2. The van der Waals surface area contributed by atoms with Crippen LogP contribution in [0.1, 0.15) is 44.9 Å². The predicted octanol–water partition coefficient (Wildman–Crippen LogP) is 2.76. The molecule has 2 saturated heterocycles. The minimum Gasteiger partial charge on any atom is -0.490 e. The van der Waals surface area contributed by atoms with Gasteiger partial charge >= 0.3 is 0 Å². The Morgan fingerprint density at radius 2 is 1.96 bits per heavy atom. The number of oxime groups is 1. The Kier molecular flexibility index (Phi) is 5.16. The highest BCUT2D eigenvalue weighted by molar-refractivity contribution is 6.04. The van der Waals surface area contributed by atoms with Gasteiger partial charge in [-0.25, -0.2) is 8.78 Å². The van der Waals surface area contributed by atoms with Crippen LogP contribution in [0.25, 0.3) is 0 Å². The van der Waals surface area contributed by atoms with Gasteiger partial charge in [0.15, 0.2) is 5.67 Å². The molecular formula is C20H27F2N3O3. The van der Waals surface area contributed by atoms with E-state index in [1.165, 1.54) is 13.2 Å². The van der Waals surface area contributed by atoms with Gasteiger partial charge in [-0.3, -0.25) is 4.79 Å². The summed E-state index contributed by atoms with van der Waals surface area (Å²) in [5.74, 6) is 0.161. The number of rotatable bonds is 2. The van der Waals surface area contributed by atoms with E-state index in [4.69, 9.17) is 9.57 Å². The van der Waals surface area contributed by atoms with Gasteiger partial charge < -0.3 is 19.8 Å². The first-order chi connectivity index (χ1) is 13.4. The highest BCUT2D eigenvalue weighted by atomic mass is 19.1. The van der Waals surface area contributed by atoms with E-state index < -0.39 is 17.2 Å². The summed E-state index contributed by atoms with van der Waals surface area (Å²) in [5, 5.41) is 7.21. The lowest BCUT2D eigenvalue weighted by molar-refractivity contribution is -0.150. The summed E-state index contributed by atoms with van der Waals surface area (Å²) in [4.78, 5) is 19.4. The molecule has 0 aromatic carbocycles. The van der Waals surface area contributed by atoms with E-state index in [1.54, 1.807) is 4.90 Å². The summed E-state index contributed by atoms with van der Waals surface area (Å²) in [6.45, 7) is 1.96. The number of nitrogens with one attached hydrogen (secondary N) is 1. The fourth-order valence-corrected chi connectivity index (χ4v) is 4.63. The van der Waals surface area contributed by atoms with E-state index in [2.05, 4.69) is 10.5 Å². The molecule has 1 aliphatic carbocycles. The van der Waals surface area contributed by atoms with Gasteiger partial charge in [-0.1, -0.05) is 5.16 Å². The molecule has 0 saturated carbocycles. The van der Waals surface area contributed by atoms with Gasteiger partial charge in [0, 0.05) is 63.6 Å². The molecule has 28 heavy (non-hydrogen) atoms. The Balaban J connectivity index is 1.48. The summed E-state index contributed by atoms with van der Waals surface area (Å²) in [5.41, 5.74) is -0.898. The van der Waals surface area contributed by atoms with Crippen molar-refractivity contribution in [3.63, 3.8) is 0 Å². The van der Waals surface area contributed by atoms with Crippen LogP contribution >= 0.6 is 0 Å². The monoisotopic (exact) mass is 395 g/mol. The van der Waals surface area contributed by atoms with Gasteiger partial charge in [-0.15, -0.1) is 0 Å². The fraction of sp³-hybridized carbons (Fsp3) is 0.700. The van der Waals surface area contributed by atoms with E-state index >= 15 is 4.39 Å². The number of piperidine rings is 2. The molecule has 4 rings (SSSR count). The molecule has 0 atom stereocenters. The number of allylic oxidation sites excluding steroid dienone is 4. The number of likely N-dealkylation sites (tertiary alicyclic amines) is 1. The average molecular weight is 395 g/mol. The van der Waals surface area contributed by atoms with Crippen molar-refractivity contribution in [3.8, 4) is 0 Å². The number of hydrogen-bond donors (Lipinski definition) is 1. The minimum absolute atomic E-state index is 0.183. The van der Waals surface area contributed by atoms with Gasteiger partial charge in [0.05, 0.1) is 5.71 Å². The third-order valence-electron chi connectivity index (χ3n) is 6.28. The molecule has 0 aromatic heterocycles. The molecule has 1 spiro atoms. The first-order valence-electron chi connectivity index (χ1n) is 10.0. The van der Waals surface area contributed by atoms with Crippen LogP contribution in [0.3, 0.4) is 0 Å². The summed E-state index contributed by atoms with van der Waals surface area (Å²) in [6, 6.07) is 0. The van der Waals surface area contributed by atoms with Crippen LogP contribution in [0, 0.1) is 0 Å². The summed E-state index contributed by atoms with van der Waals surface area (Å²) < 4.78 is 35.1. The maximum atomic E-state index is 15.1. The van der Waals surface area contributed by atoms with Crippen LogP contribution in [0.15, 0.2) is 28.4 Å². The Hall–Kier alpha value is -1.96. The van der Waals surface area contributed by atoms with Crippen molar-refractivity contribution in [2.24, 2.45) is 5.16 Å². The quantitative estimate of drug-likeness (QED) is 0.731. The Morgan fingerprint density at radius 1 is 1.25 bits per heavy atom. The van der Waals surface area contributed by atoms with Crippen LogP contribution in [-0.2, 0) is 14.4 Å². The molecule has 0 radical (unpaired) electrons. The third-order valence-corrected chi connectivity index (χ3v) is 6.28. The number of carbonyl (C=O) groups is 1. The van der Waals surface area contributed by atoms with E-state index in [0.29, 0.717) is 69.6 Å². The zero-order valence-electron chi connectivity index (χ0n) is 16.2. The van der Waals surface area contributed by atoms with Crippen molar-refractivity contribution in [3.05, 3.63) is 23.2 Å². The Labute approximate surface area is 163 Å². The first-order valence-corrected chi connectivity index (χ1v) is 10.0. The number of amides is 1. The van der Waals surface area contributed by atoms with Gasteiger partial charge in [0.2, 0.25) is 0 Å². The predicted molar refractivity (Wildman–Crippen MR) is 100 cm³/mol. The van der Waals surface area contributed by atoms with Gasteiger partial charge in [0.1, 0.15) is 24.3 Å². The lowest BCUT2D eigenvalue weighted by atomic mass is 9.80. The molecule has 3 heterocycles. The largest absolute Gasteiger partial charge is 0.490 e. The average Bonchev–Trinajstić information content (AvgIpc) is 2.69. The molecule has 154 valence electrons. The van der Waals surface area contributed by atoms with E-state index in [9.17, 15) is 9.18 Å². The topological polar surface area (TPSA) is 63.2 Å². The third kappa shape index (κ3) is 3.54. The second kappa shape index (κ2) is 7.46. The number of nitrogens with zero attached hydrogens (tertiary/aromatic N) is 2. The SMILES string of the molecule is CON=C1CC2(CCN(C(=O)C3(F)CCNCC3)CC2)OC2=C1C=C(F)CC2. The molecule has 2 fully saturated rings. The van der Waals surface area contributed by atoms with Crippen molar-refractivity contribution in [2.75, 3.05) is 33.3 Å². The molecule has 0 bridgehead atoms. The Bertz CT molecular complexity index is 733. The standard InChI is InChI=1S/C20H27F2N3O3/c1-27-24-16-13-19(28-17-3-2-14(21)12-15(16)17)6-10-25(11-7-19)18(26)20(22)4-8-23-9-5-20/h12,23H,2-11,13H2,1H3. The second-order valence-electron chi connectivity index (χ2n) is 8.12. The number of carbonyl (C=O) groups excluding carboxylic acids is 1. The molecule has 1 amide bonds. The highest BCUT2D eigenvalue weighted by Gasteiger charge is 2.48. The van der Waals surface area contributed by atoms with Gasteiger partial charge in [-0.05, 0) is 19.2 Å². The molecule has 0 unspecified atom stereocenters.